The summed E-state index contributed by atoms with van der Waals surface area (Å²) in [6, 6.07) is 7.95. The molecule has 8 nitrogen and oxygen atoms in total. The van der Waals surface area contributed by atoms with E-state index in [4.69, 9.17) is 16.3 Å². The fourth-order valence-corrected chi connectivity index (χ4v) is 3.63. The maximum Gasteiger partial charge on any atom is 0.339 e. The van der Waals surface area contributed by atoms with Crippen LogP contribution in [0.25, 0.3) is 0 Å². The van der Waals surface area contributed by atoms with Crippen molar-refractivity contribution in [2.24, 2.45) is 0 Å². The van der Waals surface area contributed by atoms with E-state index in [0.29, 0.717) is 6.54 Å². The van der Waals surface area contributed by atoms with Crippen LogP contribution in [0, 0.1) is 0 Å². The van der Waals surface area contributed by atoms with Crippen molar-refractivity contribution in [3.8, 4) is 5.75 Å². The molecule has 0 saturated carbocycles. The van der Waals surface area contributed by atoms with E-state index < -0.39 is 21.9 Å². The number of anilines is 1. The summed E-state index contributed by atoms with van der Waals surface area (Å²) in [5.74, 6) is -0.922. The first-order valence-electron chi connectivity index (χ1n) is 8.10. The number of benzene rings is 2. The monoisotopic (exact) mass is 426 g/mol. The Balaban J connectivity index is 2.41. The summed E-state index contributed by atoms with van der Waals surface area (Å²) in [5.41, 5.74) is 0.209. The zero-order chi connectivity index (χ0) is 20.9. The number of sulfonamides is 1. The molecule has 0 saturated heterocycles. The molecule has 0 radical (unpaired) electrons. The van der Waals surface area contributed by atoms with Gasteiger partial charge in [0, 0.05) is 12.2 Å². The van der Waals surface area contributed by atoms with Crippen molar-refractivity contribution in [1.82, 2.24) is 5.32 Å². The zero-order valence-corrected chi connectivity index (χ0v) is 17.0. The quantitative estimate of drug-likeness (QED) is 0.658. The molecule has 0 aliphatic heterocycles. The molecule has 0 spiro atoms. The molecule has 2 aromatic carbocycles. The van der Waals surface area contributed by atoms with Crippen molar-refractivity contribution in [1.29, 1.82) is 0 Å². The van der Waals surface area contributed by atoms with Gasteiger partial charge in [0.1, 0.15) is 5.75 Å². The summed E-state index contributed by atoms with van der Waals surface area (Å²) in [4.78, 5) is 23.8. The molecule has 150 valence electrons. The molecule has 0 heterocycles. The van der Waals surface area contributed by atoms with E-state index in [-0.39, 0.29) is 32.5 Å². The highest BCUT2D eigenvalue weighted by atomic mass is 35.5. The molecule has 10 heteroatoms. The lowest BCUT2D eigenvalue weighted by atomic mass is 10.2. The van der Waals surface area contributed by atoms with Crippen molar-refractivity contribution in [2.45, 2.75) is 11.8 Å². The summed E-state index contributed by atoms with van der Waals surface area (Å²) in [5, 5.41) is 2.72. The summed E-state index contributed by atoms with van der Waals surface area (Å²) in [6.07, 6.45) is 0. The highest BCUT2D eigenvalue weighted by molar-refractivity contribution is 7.92. The number of nitrogens with one attached hydrogen (secondary N) is 2. The van der Waals surface area contributed by atoms with Gasteiger partial charge in [-0.3, -0.25) is 9.52 Å². The largest absolute Gasteiger partial charge is 0.496 e. The number of hydrogen-bond acceptors (Lipinski definition) is 6. The van der Waals surface area contributed by atoms with Gasteiger partial charge in [0.2, 0.25) is 0 Å². The van der Waals surface area contributed by atoms with Crippen molar-refractivity contribution in [2.75, 3.05) is 25.5 Å². The minimum atomic E-state index is -4.05. The number of hydrogen-bond donors (Lipinski definition) is 2. The van der Waals surface area contributed by atoms with E-state index in [1.165, 1.54) is 50.6 Å². The topological polar surface area (TPSA) is 111 Å². The van der Waals surface area contributed by atoms with Crippen LogP contribution in [0.4, 0.5) is 5.69 Å². The lowest BCUT2D eigenvalue weighted by Crippen LogP contribution is -2.24. The highest BCUT2D eigenvalue weighted by Gasteiger charge is 2.21. The smallest absolute Gasteiger partial charge is 0.339 e. The summed E-state index contributed by atoms with van der Waals surface area (Å²) >= 11 is 5.94. The third kappa shape index (κ3) is 4.73. The standard InChI is InChI=1S/C18H19ClN2O6S/c1-4-20-17(22)14-10-12(6-8-16(14)26-2)28(24,25)21-11-5-7-15(19)13(9-11)18(23)27-3/h5-10,21H,4H2,1-3H3,(H,20,22). The molecule has 2 N–H and O–H groups in total. The van der Waals surface area contributed by atoms with Crippen molar-refractivity contribution >= 4 is 39.2 Å². The van der Waals surface area contributed by atoms with Gasteiger partial charge in [-0.15, -0.1) is 0 Å². The van der Waals surface area contributed by atoms with Crippen LogP contribution in [0.2, 0.25) is 5.02 Å². The van der Waals surface area contributed by atoms with Crippen LogP contribution >= 0.6 is 11.6 Å². The maximum absolute atomic E-state index is 12.7. The van der Waals surface area contributed by atoms with Crippen LogP contribution in [-0.2, 0) is 14.8 Å². The van der Waals surface area contributed by atoms with Crippen molar-refractivity contribution in [3.63, 3.8) is 0 Å². The normalized spacial score (nSPS) is 10.9. The molecule has 0 aliphatic carbocycles. The minimum Gasteiger partial charge on any atom is -0.496 e. The van der Waals surface area contributed by atoms with Crippen molar-refractivity contribution < 1.29 is 27.5 Å². The Morgan fingerprint density at radius 1 is 1.07 bits per heavy atom. The van der Waals surface area contributed by atoms with Gasteiger partial charge in [0.25, 0.3) is 15.9 Å². The van der Waals surface area contributed by atoms with Crippen molar-refractivity contribution in [3.05, 3.63) is 52.5 Å². The lowest BCUT2D eigenvalue weighted by Gasteiger charge is -2.13. The summed E-state index contributed by atoms with van der Waals surface area (Å²) in [6.45, 7) is 2.12. The number of amides is 1. The van der Waals surface area contributed by atoms with Crippen LogP contribution < -0.4 is 14.8 Å². The molecule has 2 rings (SSSR count). The van der Waals surface area contributed by atoms with Gasteiger partial charge in [-0.05, 0) is 43.3 Å². The molecule has 2 aromatic rings. The number of ether oxygens (including phenoxy) is 2. The number of carbonyl (C=O) groups is 2. The van der Waals surface area contributed by atoms with E-state index in [9.17, 15) is 18.0 Å². The Kier molecular flexibility index (Phi) is 6.87. The minimum absolute atomic E-state index is 0.0158. The second-order valence-corrected chi connectivity index (χ2v) is 7.60. The fourth-order valence-electron chi connectivity index (χ4n) is 2.36. The molecule has 0 unspecified atom stereocenters. The zero-order valence-electron chi connectivity index (χ0n) is 15.4. The van der Waals surface area contributed by atoms with Crippen LogP contribution in [-0.4, -0.2) is 41.1 Å². The SMILES string of the molecule is CCNC(=O)c1cc(S(=O)(=O)Nc2ccc(Cl)c(C(=O)OC)c2)ccc1OC. The number of carbonyl (C=O) groups excluding carboxylic acids is 2. The third-order valence-corrected chi connectivity index (χ3v) is 5.40. The van der Waals surface area contributed by atoms with Gasteiger partial charge < -0.3 is 14.8 Å². The van der Waals surface area contributed by atoms with Gasteiger partial charge in [0.05, 0.1) is 35.3 Å². The first kappa shape index (κ1) is 21.5. The van der Waals surface area contributed by atoms with Crippen LogP contribution in [0.3, 0.4) is 0 Å². The Labute approximate surface area is 167 Å². The second-order valence-electron chi connectivity index (χ2n) is 5.51. The molecule has 1 amide bonds. The molecular weight excluding hydrogens is 408 g/mol. The van der Waals surface area contributed by atoms with Crippen LogP contribution in [0.5, 0.6) is 5.75 Å². The summed E-state index contributed by atoms with van der Waals surface area (Å²) in [7, 11) is -1.48. The number of esters is 1. The van der Waals surface area contributed by atoms with Gasteiger partial charge in [-0.1, -0.05) is 11.6 Å². The van der Waals surface area contributed by atoms with Gasteiger partial charge in [-0.25, -0.2) is 13.2 Å². The Hall–Kier alpha value is -2.78. The van der Waals surface area contributed by atoms with Gasteiger partial charge >= 0.3 is 5.97 Å². The Morgan fingerprint density at radius 2 is 1.79 bits per heavy atom. The highest BCUT2D eigenvalue weighted by Crippen LogP contribution is 2.26. The molecule has 0 bridgehead atoms. The first-order valence-corrected chi connectivity index (χ1v) is 9.96. The van der Waals surface area contributed by atoms with Gasteiger partial charge in [-0.2, -0.15) is 0 Å². The molecule has 28 heavy (non-hydrogen) atoms. The Morgan fingerprint density at radius 3 is 2.39 bits per heavy atom. The van der Waals surface area contributed by atoms with E-state index in [0.717, 1.165) is 0 Å². The fraction of sp³-hybridized carbons (Fsp3) is 0.222. The summed E-state index contributed by atoms with van der Waals surface area (Å²) < 4.78 is 37.6. The molecular formula is C18H19ClN2O6S. The second kappa shape index (κ2) is 8.94. The van der Waals surface area contributed by atoms with E-state index in [1.807, 2.05) is 0 Å². The lowest BCUT2D eigenvalue weighted by molar-refractivity contribution is 0.0600. The van der Waals surface area contributed by atoms with Crippen LogP contribution in [0.1, 0.15) is 27.6 Å². The number of methoxy groups -OCH3 is 2. The maximum atomic E-state index is 12.7. The average Bonchev–Trinajstić information content (AvgIpc) is 2.68. The molecule has 0 atom stereocenters. The average molecular weight is 427 g/mol. The predicted molar refractivity (Wildman–Crippen MR) is 105 cm³/mol. The van der Waals surface area contributed by atoms with Crippen LogP contribution in [0.15, 0.2) is 41.3 Å². The number of rotatable bonds is 7. The molecule has 0 aromatic heterocycles. The van der Waals surface area contributed by atoms with Gasteiger partial charge in [0.15, 0.2) is 0 Å². The Bertz CT molecular complexity index is 1010. The molecule has 0 aliphatic rings. The number of halogens is 1. The van der Waals surface area contributed by atoms with E-state index in [2.05, 4.69) is 14.8 Å². The first-order chi connectivity index (χ1) is 13.2. The predicted octanol–water partition coefficient (Wildman–Crippen LogP) is 2.69. The van der Waals surface area contributed by atoms with E-state index >= 15 is 0 Å². The molecule has 0 fully saturated rings. The van der Waals surface area contributed by atoms with E-state index in [1.54, 1.807) is 6.92 Å². The third-order valence-electron chi connectivity index (χ3n) is 3.69.